The van der Waals surface area contributed by atoms with Crippen LogP contribution in [0.4, 0.5) is 0 Å². The minimum Gasteiger partial charge on any atom is -0.496 e. The molecular formula is C15H24N2O3S. The maximum absolute atomic E-state index is 11.6. The molecule has 0 aromatic heterocycles. The fraction of sp³-hybridized carbons (Fsp3) is 0.600. The number of nitrogens with two attached hydrogens (primary N) is 1. The molecule has 0 aliphatic carbocycles. The maximum Gasteiger partial charge on any atom is 0.150 e. The van der Waals surface area contributed by atoms with Gasteiger partial charge in [-0.25, -0.2) is 8.42 Å². The SMILES string of the molecule is COc1cc(C)cc(C)c1C(CC1CCS(=O)(=O)C1)NN. The average molecular weight is 312 g/mol. The molecule has 1 fully saturated rings. The Balaban J connectivity index is 2.26. The molecule has 2 unspecified atom stereocenters. The summed E-state index contributed by atoms with van der Waals surface area (Å²) in [6.07, 6.45) is 1.42. The predicted octanol–water partition coefficient (Wildman–Crippen LogP) is 1.64. The molecule has 3 N–H and O–H groups in total. The molecule has 2 atom stereocenters. The second-order valence-corrected chi connectivity index (χ2v) is 8.15. The Kier molecular flexibility index (Phi) is 4.91. The van der Waals surface area contributed by atoms with Crippen molar-refractivity contribution in [1.29, 1.82) is 0 Å². The van der Waals surface area contributed by atoms with Crippen molar-refractivity contribution in [2.75, 3.05) is 18.6 Å². The molecule has 5 nitrogen and oxygen atoms in total. The van der Waals surface area contributed by atoms with Crippen molar-refractivity contribution in [2.24, 2.45) is 11.8 Å². The smallest absolute Gasteiger partial charge is 0.150 e. The molecule has 0 spiro atoms. The Hall–Kier alpha value is -1.11. The van der Waals surface area contributed by atoms with E-state index in [2.05, 4.69) is 11.5 Å². The first-order valence-electron chi connectivity index (χ1n) is 7.18. The fourth-order valence-corrected chi connectivity index (χ4v) is 5.10. The van der Waals surface area contributed by atoms with Crippen LogP contribution in [-0.2, 0) is 9.84 Å². The Morgan fingerprint density at radius 3 is 2.67 bits per heavy atom. The maximum atomic E-state index is 11.6. The van der Waals surface area contributed by atoms with E-state index >= 15 is 0 Å². The van der Waals surface area contributed by atoms with E-state index < -0.39 is 9.84 Å². The van der Waals surface area contributed by atoms with Crippen LogP contribution in [0.15, 0.2) is 12.1 Å². The average Bonchev–Trinajstić information content (AvgIpc) is 2.75. The molecule has 0 radical (unpaired) electrons. The molecule has 1 heterocycles. The lowest BCUT2D eigenvalue weighted by Gasteiger charge is -2.24. The Morgan fingerprint density at radius 1 is 1.43 bits per heavy atom. The van der Waals surface area contributed by atoms with Crippen LogP contribution in [0.5, 0.6) is 5.75 Å². The number of ether oxygens (including phenoxy) is 1. The van der Waals surface area contributed by atoms with Gasteiger partial charge in [-0.1, -0.05) is 6.07 Å². The predicted molar refractivity (Wildman–Crippen MR) is 83.9 cm³/mol. The van der Waals surface area contributed by atoms with Crippen LogP contribution < -0.4 is 16.0 Å². The zero-order valence-electron chi connectivity index (χ0n) is 12.8. The number of aryl methyl sites for hydroxylation is 2. The van der Waals surface area contributed by atoms with E-state index in [-0.39, 0.29) is 17.7 Å². The number of benzene rings is 1. The van der Waals surface area contributed by atoms with Gasteiger partial charge in [-0.15, -0.1) is 0 Å². The lowest BCUT2D eigenvalue weighted by Crippen LogP contribution is -2.31. The van der Waals surface area contributed by atoms with Gasteiger partial charge in [0.2, 0.25) is 0 Å². The molecule has 1 saturated heterocycles. The number of nitrogens with one attached hydrogen (secondary N) is 1. The summed E-state index contributed by atoms with van der Waals surface area (Å²) in [7, 11) is -1.22. The molecule has 0 saturated carbocycles. The van der Waals surface area contributed by atoms with Crippen molar-refractivity contribution < 1.29 is 13.2 Å². The van der Waals surface area contributed by atoms with Crippen LogP contribution in [0.25, 0.3) is 0 Å². The van der Waals surface area contributed by atoms with Crippen LogP contribution in [0.1, 0.15) is 35.6 Å². The van der Waals surface area contributed by atoms with Crippen molar-refractivity contribution in [1.82, 2.24) is 5.43 Å². The van der Waals surface area contributed by atoms with Crippen molar-refractivity contribution in [2.45, 2.75) is 32.7 Å². The van der Waals surface area contributed by atoms with Gasteiger partial charge in [0.15, 0.2) is 9.84 Å². The molecular weight excluding hydrogens is 288 g/mol. The number of methoxy groups -OCH3 is 1. The van der Waals surface area contributed by atoms with Gasteiger partial charge in [-0.05, 0) is 49.8 Å². The van der Waals surface area contributed by atoms with E-state index in [1.807, 2.05) is 19.9 Å². The van der Waals surface area contributed by atoms with Crippen LogP contribution >= 0.6 is 0 Å². The van der Waals surface area contributed by atoms with E-state index in [1.54, 1.807) is 7.11 Å². The summed E-state index contributed by atoms with van der Waals surface area (Å²) in [6.45, 7) is 4.05. The van der Waals surface area contributed by atoms with E-state index in [0.717, 1.165) is 22.4 Å². The lowest BCUT2D eigenvalue weighted by molar-refractivity contribution is 0.377. The van der Waals surface area contributed by atoms with E-state index in [9.17, 15) is 8.42 Å². The number of hydrogen-bond acceptors (Lipinski definition) is 5. The highest BCUT2D eigenvalue weighted by molar-refractivity contribution is 7.91. The van der Waals surface area contributed by atoms with Crippen LogP contribution in [0.3, 0.4) is 0 Å². The second kappa shape index (κ2) is 6.34. The number of hydrazine groups is 1. The van der Waals surface area contributed by atoms with Crippen LogP contribution in [0.2, 0.25) is 0 Å². The standard InChI is InChI=1S/C15H24N2O3S/c1-10-6-11(2)15(14(7-10)20-3)13(17-16)8-12-4-5-21(18,19)9-12/h6-7,12-13,17H,4-5,8-9,16H2,1-3H3. The van der Waals surface area contributed by atoms with Gasteiger partial charge in [-0.2, -0.15) is 0 Å². The largest absolute Gasteiger partial charge is 0.496 e. The summed E-state index contributed by atoms with van der Waals surface area (Å²) in [5.74, 6) is 7.24. The van der Waals surface area contributed by atoms with Crippen LogP contribution in [0, 0.1) is 19.8 Å². The third-order valence-corrected chi connectivity index (χ3v) is 6.00. The Bertz CT molecular complexity index is 614. The number of sulfone groups is 1. The van der Waals surface area contributed by atoms with Crippen molar-refractivity contribution in [3.8, 4) is 5.75 Å². The van der Waals surface area contributed by atoms with Crippen LogP contribution in [-0.4, -0.2) is 27.0 Å². The molecule has 118 valence electrons. The van der Waals surface area contributed by atoms with Gasteiger partial charge in [0, 0.05) is 5.56 Å². The Morgan fingerprint density at radius 2 is 2.14 bits per heavy atom. The summed E-state index contributed by atoms with van der Waals surface area (Å²) in [4.78, 5) is 0. The van der Waals surface area contributed by atoms with Gasteiger partial charge in [0.05, 0.1) is 24.7 Å². The summed E-state index contributed by atoms with van der Waals surface area (Å²) >= 11 is 0. The molecule has 1 aliphatic heterocycles. The number of rotatable bonds is 5. The molecule has 21 heavy (non-hydrogen) atoms. The first kappa shape index (κ1) is 16.3. The highest BCUT2D eigenvalue weighted by Gasteiger charge is 2.31. The third kappa shape index (κ3) is 3.75. The van der Waals surface area contributed by atoms with Gasteiger partial charge >= 0.3 is 0 Å². The minimum absolute atomic E-state index is 0.0983. The Labute approximate surface area is 126 Å². The second-order valence-electron chi connectivity index (χ2n) is 5.92. The highest BCUT2D eigenvalue weighted by Crippen LogP contribution is 2.35. The lowest BCUT2D eigenvalue weighted by atomic mass is 9.90. The molecule has 0 bridgehead atoms. The summed E-state index contributed by atoms with van der Waals surface area (Å²) in [6, 6.07) is 3.98. The molecule has 1 aliphatic rings. The molecule has 1 aromatic carbocycles. The summed E-state index contributed by atoms with van der Waals surface area (Å²) < 4.78 is 28.7. The molecule has 1 aromatic rings. The zero-order chi connectivity index (χ0) is 15.6. The van der Waals surface area contributed by atoms with Crippen molar-refractivity contribution in [3.05, 3.63) is 28.8 Å². The summed E-state index contributed by atoms with van der Waals surface area (Å²) in [5, 5.41) is 0. The van der Waals surface area contributed by atoms with E-state index in [0.29, 0.717) is 18.6 Å². The van der Waals surface area contributed by atoms with Gasteiger partial charge < -0.3 is 4.74 Å². The normalized spacial score (nSPS) is 22.2. The van der Waals surface area contributed by atoms with Crippen molar-refractivity contribution >= 4 is 9.84 Å². The topological polar surface area (TPSA) is 81.4 Å². The highest BCUT2D eigenvalue weighted by atomic mass is 32.2. The van der Waals surface area contributed by atoms with Crippen molar-refractivity contribution in [3.63, 3.8) is 0 Å². The van der Waals surface area contributed by atoms with Gasteiger partial charge in [0.25, 0.3) is 0 Å². The monoisotopic (exact) mass is 312 g/mol. The number of hydrogen-bond donors (Lipinski definition) is 2. The molecule has 0 amide bonds. The minimum atomic E-state index is -2.86. The zero-order valence-corrected chi connectivity index (χ0v) is 13.7. The van der Waals surface area contributed by atoms with E-state index in [1.165, 1.54) is 0 Å². The first-order chi connectivity index (χ1) is 9.86. The summed E-state index contributed by atoms with van der Waals surface area (Å²) in [5.41, 5.74) is 6.09. The molecule has 2 rings (SSSR count). The first-order valence-corrected chi connectivity index (χ1v) is 9.00. The quantitative estimate of drug-likeness (QED) is 0.638. The fourth-order valence-electron chi connectivity index (χ4n) is 3.22. The van der Waals surface area contributed by atoms with E-state index in [4.69, 9.17) is 10.6 Å². The van der Waals surface area contributed by atoms with Gasteiger partial charge in [0.1, 0.15) is 5.75 Å². The molecule has 6 heteroatoms. The van der Waals surface area contributed by atoms with Gasteiger partial charge in [-0.3, -0.25) is 11.3 Å². The third-order valence-electron chi connectivity index (χ3n) is 4.16.